The summed E-state index contributed by atoms with van der Waals surface area (Å²) in [6, 6.07) is 7.74. The van der Waals surface area contributed by atoms with Gasteiger partial charge in [-0.1, -0.05) is 23.7 Å². The van der Waals surface area contributed by atoms with Gasteiger partial charge in [0.25, 0.3) is 0 Å². The summed E-state index contributed by atoms with van der Waals surface area (Å²) in [6.07, 6.45) is 1.05. The average molecular weight is 214 g/mol. The summed E-state index contributed by atoms with van der Waals surface area (Å²) in [4.78, 5) is 0. The Hall–Kier alpha value is -0.570. The van der Waals surface area contributed by atoms with Crippen molar-refractivity contribution in [1.82, 2.24) is 5.32 Å². The molecule has 0 amide bonds. The van der Waals surface area contributed by atoms with Gasteiger partial charge < -0.3 is 10.1 Å². The molecule has 0 aliphatic rings. The van der Waals surface area contributed by atoms with Gasteiger partial charge in [0.15, 0.2) is 0 Å². The predicted molar refractivity (Wildman–Crippen MR) is 59.7 cm³/mol. The summed E-state index contributed by atoms with van der Waals surface area (Å²) in [7, 11) is 1.94. The maximum atomic E-state index is 5.77. The summed E-state index contributed by atoms with van der Waals surface area (Å²) in [5.74, 6) is 0. The van der Waals surface area contributed by atoms with E-state index in [9.17, 15) is 0 Å². The number of halogens is 1. The van der Waals surface area contributed by atoms with Crippen LogP contribution in [0.4, 0.5) is 0 Å². The number of ether oxygens (including phenoxy) is 1. The number of nitrogens with one attached hydrogen (secondary N) is 1. The van der Waals surface area contributed by atoms with Crippen molar-refractivity contribution in [3.8, 4) is 0 Å². The predicted octanol–water partition coefficient (Wildman–Crippen LogP) is 2.47. The van der Waals surface area contributed by atoms with Gasteiger partial charge in [-0.25, -0.2) is 0 Å². The molecule has 0 saturated carbocycles. The minimum Gasteiger partial charge on any atom is -0.377 e. The molecule has 0 fully saturated rings. The molecular formula is C11H16ClNO. The van der Waals surface area contributed by atoms with Crippen LogP contribution in [0.5, 0.6) is 0 Å². The van der Waals surface area contributed by atoms with Gasteiger partial charge in [0.05, 0.1) is 6.61 Å². The van der Waals surface area contributed by atoms with Crippen molar-refractivity contribution in [1.29, 1.82) is 0 Å². The first-order valence-electron chi connectivity index (χ1n) is 4.79. The van der Waals surface area contributed by atoms with E-state index in [1.807, 2.05) is 31.3 Å². The van der Waals surface area contributed by atoms with Crippen molar-refractivity contribution in [3.05, 3.63) is 34.9 Å². The fourth-order valence-corrected chi connectivity index (χ4v) is 1.25. The minimum absolute atomic E-state index is 0.668. The normalized spacial score (nSPS) is 10.4. The maximum absolute atomic E-state index is 5.77. The molecule has 1 aromatic carbocycles. The van der Waals surface area contributed by atoms with Crippen LogP contribution in [0.1, 0.15) is 12.0 Å². The Morgan fingerprint density at radius 1 is 1.29 bits per heavy atom. The molecule has 0 unspecified atom stereocenters. The van der Waals surface area contributed by atoms with Crippen LogP contribution >= 0.6 is 11.6 Å². The van der Waals surface area contributed by atoms with E-state index in [4.69, 9.17) is 16.3 Å². The summed E-state index contributed by atoms with van der Waals surface area (Å²) in [6.45, 7) is 2.46. The van der Waals surface area contributed by atoms with Crippen molar-refractivity contribution in [3.63, 3.8) is 0 Å². The van der Waals surface area contributed by atoms with Crippen LogP contribution in [0.15, 0.2) is 24.3 Å². The molecule has 0 aromatic heterocycles. The van der Waals surface area contributed by atoms with Crippen LogP contribution in [0.25, 0.3) is 0 Å². The molecule has 3 heteroatoms. The van der Waals surface area contributed by atoms with Gasteiger partial charge in [0, 0.05) is 11.6 Å². The molecule has 0 saturated heterocycles. The zero-order chi connectivity index (χ0) is 10.2. The van der Waals surface area contributed by atoms with Gasteiger partial charge in [-0.2, -0.15) is 0 Å². The maximum Gasteiger partial charge on any atom is 0.0716 e. The number of rotatable bonds is 6. The van der Waals surface area contributed by atoms with E-state index >= 15 is 0 Å². The molecule has 14 heavy (non-hydrogen) atoms. The minimum atomic E-state index is 0.668. The quantitative estimate of drug-likeness (QED) is 0.734. The van der Waals surface area contributed by atoms with Gasteiger partial charge in [0.1, 0.15) is 0 Å². The Kier molecular flexibility index (Phi) is 5.60. The highest BCUT2D eigenvalue weighted by Crippen LogP contribution is 2.10. The Bertz CT molecular complexity index is 248. The van der Waals surface area contributed by atoms with Crippen molar-refractivity contribution in [2.45, 2.75) is 13.0 Å². The standard InChI is InChI=1S/C11H16ClNO/c1-13-7-2-8-14-9-10-3-5-11(12)6-4-10/h3-6,13H,2,7-9H2,1H3. The second-order valence-electron chi connectivity index (χ2n) is 3.14. The van der Waals surface area contributed by atoms with Gasteiger partial charge >= 0.3 is 0 Å². The van der Waals surface area contributed by atoms with Crippen LogP contribution in [-0.4, -0.2) is 20.2 Å². The van der Waals surface area contributed by atoms with E-state index in [0.29, 0.717) is 6.61 Å². The van der Waals surface area contributed by atoms with E-state index in [-0.39, 0.29) is 0 Å². The third-order valence-corrected chi connectivity index (χ3v) is 2.15. The lowest BCUT2D eigenvalue weighted by molar-refractivity contribution is 0.119. The highest BCUT2D eigenvalue weighted by atomic mass is 35.5. The molecule has 0 heterocycles. The molecule has 0 bridgehead atoms. The molecule has 0 spiro atoms. The van der Waals surface area contributed by atoms with Gasteiger partial charge in [0.2, 0.25) is 0 Å². The zero-order valence-electron chi connectivity index (χ0n) is 8.42. The zero-order valence-corrected chi connectivity index (χ0v) is 9.18. The van der Waals surface area contributed by atoms with Crippen molar-refractivity contribution in [2.75, 3.05) is 20.2 Å². The van der Waals surface area contributed by atoms with Crippen LogP contribution in [-0.2, 0) is 11.3 Å². The third kappa shape index (κ3) is 4.61. The molecule has 0 radical (unpaired) electrons. The van der Waals surface area contributed by atoms with Crippen LogP contribution < -0.4 is 5.32 Å². The van der Waals surface area contributed by atoms with Crippen molar-refractivity contribution < 1.29 is 4.74 Å². The molecule has 0 atom stereocenters. The lowest BCUT2D eigenvalue weighted by Gasteiger charge is -2.04. The molecule has 1 rings (SSSR count). The van der Waals surface area contributed by atoms with Gasteiger partial charge in [-0.05, 0) is 37.7 Å². The van der Waals surface area contributed by atoms with E-state index in [1.54, 1.807) is 0 Å². The molecular weight excluding hydrogens is 198 g/mol. The molecule has 78 valence electrons. The summed E-state index contributed by atoms with van der Waals surface area (Å²) >= 11 is 5.77. The second-order valence-corrected chi connectivity index (χ2v) is 3.57. The van der Waals surface area contributed by atoms with E-state index in [2.05, 4.69) is 5.32 Å². The first-order valence-corrected chi connectivity index (χ1v) is 5.17. The van der Waals surface area contributed by atoms with Crippen molar-refractivity contribution >= 4 is 11.6 Å². The van der Waals surface area contributed by atoms with Crippen LogP contribution in [0, 0.1) is 0 Å². The smallest absolute Gasteiger partial charge is 0.0716 e. The Morgan fingerprint density at radius 2 is 2.00 bits per heavy atom. The fraction of sp³-hybridized carbons (Fsp3) is 0.455. The van der Waals surface area contributed by atoms with Crippen LogP contribution in [0.2, 0.25) is 5.02 Å². The number of benzene rings is 1. The Balaban J connectivity index is 2.15. The summed E-state index contributed by atoms with van der Waals surface area (Å²) < 4.78 is 5.48. The monoisotopic (exact) mass is 213 g/mol. The number of hydrogen-bond donors (Lipinski definition) is 1. The highest BCUT2D eigenvalue weighted by molar-refractivity contribution is 6.30. The lowest BCUT2D eigenvalue weighted by atomic mass is 10.2. The summed E-state index contributed by atoms with van der Waals surface area (Å²) in [5.41, 5.74) is 1.17. The van der Waals surface area contributed by atoms with Crippen molar-refractivity contribution in [2.24, 2.45) is 0 Å². The van der Waals surface area contributed by atoms with Gasteiger partial charge in [-0.3, -0.25) is 0 Å². The Morgan fingerprint density at radius 3 is 2.64 bits per heavy atom. The SMILES string of the molecule is CNCCCOCc1ccc(Cl)cc1. The third-order valence-electron chi connectivity index (χ3n) is 1.90. The summed E-state index contributed by atoms with van der Waals surface area (Å²) in [5, 5.41) is 3.84. The largest absolute Gasteiger partial charge is 0.377 e. The number of hydrogen-bond acceptors (Lipinski definition) is 2. The molecule has 0 aliphatic heterocycles. The second kappa shape index (κ2) is 6.82. The first kappa shape index (κ1) is 11.5. The van der Waals surface area contributed by atoms with E-state index < -0.39 is 0 Å². The average Bonchev–Trinajstić information content (AvgIpc) is 2.21. The molecule has 1 N–H and O–H groups in total. The Labute approximate surface area is 90.2 Å². The lowest BCUT2D eigenvalue weighted by Crippen LogP contribution is -2.10. The molecule has 1 aromatic rings. The van der Waals surface area contributed by atoms with Gasteiger partial charge in [-0.15, -0.1) is 0 Å². The first-order chi connectivity index (χ1) is 6.83. The topological polar surface area (TPSA) is 21.3 Å². The van der Waals surface area contributed by atoms with Crippen LogP contribution in [0.3, 0.4) is 0 Å². The van der Waals surface area contributed by atoms with E-state index in [0.717, 1.165) is 24.6 Å². The highest BCUT2D eigenvalue weighted by Gasteiger charge is 1.93. The van der Waals surface area contributed by atoms with E-state index in [1.165, 1.54) is 5.56 Å². The molecule has 0 aliphatic carbocycles. The fourth-order valence-electron chi connectivity index (χ4n) is 1.12. The molecule has 2 nitrogen and oxygen atoms in total.